The summed E-state index contributed by atoms with van der Waals surface area (Å²) in [5.74, 6) is 0.0160. The Balaban J connectivity index is 1.61. The van der Waals surface area contributed by atoms with E-state index in [9.17, 15) is 18.0 Å². The monoisotopic (exact) mass is 405 g/mol. The number of hydrogen-bond acceptors (Lipinski definition) is 3. The number of likely N-dealkylation sites (tertiary alicyclic amines) is 1. The summed E-state index contributed by atoms with van der Waals surface area (Å²) in [5.41, 5.74) is 1.28. The lowest BCUT2D eigenvalue weighted by molar-refractivity contribution is -0.137. The summed E-state index contributed by atoms with van der Waals surface area (Å²) in [4.78, 5) is 14.7. The van der Waals surface area contributed by atoms with Crippen LogP contribution >= 0.6 is 0 Å². The largest absolute Gasteiger partial charge is 0.416 e. The molecule has 1 heterocycles. The van der Waals surface area contributed by atoms with Crippen molar-refractivity contribution in [3.05, 3.63) is 71.3 Å². The molecule has 4 nitrogen and oxygen atoms in total. The van der Waals surface area contributed by atoms with Gasteiger partial charge in [-0.2, -0.15) is 13.2 Å². The van der Waals surface area contributed by atoms with Gasteiger partial charge in [-0.05, 0) is 36.6 Å². The molecule has 2 aromatic carbocycles. The van der Waals surface area contributed by atoms with Gasteiger partial charge >= 0.3 is 6.18 Å². The topological polar surface area (TPSA) is 44.4 Å². The number of nitrogens with zero attached hydrogens (tertiary/aromatic N) is 1. The van der Waals surface area contributed by atoms with E-state index in [-0.39, 0.29) is 18.0 Å². The standard InChI is InChI=1S/C22H26F3N3O/c1-2-26-21(29)20-12-19(15-28(20)14-17-6-4-3-5-7-17)27-13-16-8-10-18(11-9-16)22(23,24)25/h3-11,19-20,27H,2,12-15H2,1H3,(H,26,29)/t19-,20-/m0/s1. The van der Waals surface area contributed by atoms with Crippen molar-refractivity contribution in [3.63, 3.8) is 0 Å². The zero-order chi connectivity index (χ0) is 20.9. The molecule has 0 unspecified atom stereocenters. The highest BCUT2D eigenvalue weighted by Crippen LogP contribution is 2.29. The van der Waals surface area contributed by atoms with E-state index in [0.717, 1.165) is 23.3 Å². The van der Waals surface area contributed by atoms with Crippen LogP contribution in [0.4, 0.5) is 13.2 Å². The second kappa shape index (κ2) is 9.41. The Labute approximate surface area is 169 Å². The first-order chi connectivity index (χ1) is 13.9. The van der Waals surface area contributed by atoms with Crippen LogP contribution in [-0.4, -0.2) is 36.0 Å². The van der Waals surface area contributed by atoms with E-state index in [1.807, 2.05) is 37.3 Å². The third-order valence-corrected chi connectivity index (χ3v) is 5.16. The summed E-state index contributed by atoms with van der Waals surface area (Å²) in [6.07, 6.45) is -3.66. The molecule has 2 atom stereocenters. The molecule has 7 heteroatoms. The molecule has 1 saturated heterocycles. The van der Waals surface area contributed by atoms with Gasteiger partial charge in [0.2, 0.25) is 5.91 Å². The maximum atomic E-state index is 12.7. The summed E-state index contributed by atoms with van der Waals surface area (Å²) in [6, 6.07) is 15.1. The quantitative estimate of drug-likeness (QED) is 0.740. The molecule has 1 aliphatic heterocycles. The van der Waals surface area contributed by atoms with Crippen LogP contribution in [0.15, 0.2) is 54.6 Å². The summed E-state index contributed by atoms with van der Waals surface area (Å²) < 4.78 is 38.1. The van der Waals surface area contributed by atoms with Gasteiger partial charge in [0, 0.05) is 32.2 Å². The number of hydrogen-bond donors (Lipinski definition) is 2. The highest BCUT2D eigenvalue weighted by Gasteiger charge is 2.36. The van der Waals surface area contributed by atoms with E-state index in [1.54, 1.807) is 0 Å². The number of halogens is 3. The van der Waals surface area contributed by atoms with E-state index in [1.165, 1.54) is 12.1 Å². The fourth-order valence-corrected chi connectivity index (χ4v) is 3.68. The van der Waals surface area contributed by atoms with Crippen LogP contribution in [0.25, 0.3) is 0 Å². The first-order valence-electron chi connectivity index (χ1n) is 9.82. The Morgan fingerprint density at radius 2 is 1.76 bits per heavy atom. The molecule has 3 rings (SSSR count). The molecular weight excluding hydrogens is 379 g/mol. The van der Waals surface area contributed by atoms with Crippen molar-refractivity contribution in [2.75, 3.05) is 13.1 Å². The summed E-state index contributed by atoms with van der Waals surface area (Å²) in [7, 11) is 0. The van der Waals surface area contributed by atoms with Gasteiger partial charge in [0.1, 0.15) is 0 Å². The zero-order valence-electron chi connectivity index (χ0n) is 16.4. The fourth-order valence-electron chi connectivity index (χ4n) is 3.68. The molecule has 0 bridgehead atoms. The number of likely N-dealkylation sites (N-methyl/N-ethyl adjacent to an activating group) is 1. The summed E-state index contributed by atoms with van der Waals surface area (Å²) in [5, 5.41) is 6.30. The third-order valence-electron chi connectivity index (χ3n) is 5.16. The summed E-state index contributed by atoms with van der Waals surface area (Å²) in [6.45, 7) is 4.33. The Morgan fingerprint density at radius 3 is 2.38 bits per heavy atom. The second-order valence-electron chi connectivity index (χ2n) is 7.33. The molecule has 156 valence electrons. The van der Waals surface area contributed by atoms with Crippen LogP contribution in [0, 0.1) is 0 Å². The van der Waals surface area contributed by atoms with Crippen molar-refractivity contribution < 1.29 is 18.0 Å². The molecule has 2 aromatic rings. The minimum atomic E-state index is -4.32. The molecule has 29 heavy (non-hydrogen) atoms. The fraction of sp³-hybridized carbons (Fsp3) is 0.409. The van der Waals surface area contributed by atoms with Crippen LogP contribution in [0.5, 0.6) is 0 Å². The number of carbonyl (C=O) groups excluding carboxylic acids is 1. The van der Waals surface area contributed by atoms with Crippen molar-refractivity contribution in [2.45, 2.75) is 44.7 Å². The molecule has 0 saturated carbocycles. The van der Waals surface area contributed by atoms with Crippen LogP contribution in [0.3, 0.4) is 0 Å². The molecule has 1 fully saturated rings. The lowest BCUT2D eigenvalue weighted by Crippen LogP contribution is -2.42. The lowest BCUT2D eigenvalue weighted by atomic mass is 10.1. The minimum Gasteiger partial charge on any atom is -0.355 e. The van der Waals surface area contributed by atoms with Crippen LogP contribution in [0.1, 0.15) is 30.0 Å². The van der Waals surface area contributed by atoms with Gasteiger partial charge in [0.05, 0.1) is 11.6 Å². The number of rotatable bonds is 7. The predicted octanol–water partition coefficient (Wildman–Crippen LogP) is 3.57. The van der Waals surface area contributed by atoms with E-state index in [4.69, 9.17) is 0 Å². The Hall–Kier alpha value is -2.38. The van der Waals surface area contributed by atoms with E-state index in [0.29, 0.717) is 32.6 Å². The number of nitrogens with one attached hydrogen (secondary N) is 2. The molecule has 0 spiro atoms. The van der Waals surface area contributed by atoms with E-state index in [2.05, 4.69) is 15.5 Å². The molecule has 0 aliphatic carbocycles. The number of carbonyl (C=O) groups is 1. The van der Waals surface area contributed by atoms with Crippen molar-refractivity contribution in [2.24, 2.45) is 0 Å². The first kappa shape index (κ1) is 21.3. The van der Waals surface area contributed by atoms with Crippen molar-refractivity contribution in [1.29, 1.82) is 0 Å². The summed E-state index contributed by atoms with van der Waals surface area (Å²) >= 11 is 0. The third kappa shape index (κ3) is 5.81. The normalized spacial score (nSPS) is 20.0. The van der Waals surface area contributed by atoms with Gasteiger partial charge in [0.15, 0.2) is 0 Å². The van der Waals surface area contributed by atoms with Crippen LogP contribution < -0.4 is 10.6 Å². The molecule has 0 radical (unpaired) electrons. The smallest absolute Gasteiger partial charge is 0.355 e. The lowest BCUT2D eigenvalue weighted by Gasteiger charge is -2.23. The minimum absolute atomic E-state index is 0.0160. The van der Waals surface area contributed by atoms with E-state index >= 15 is 0 Å². The van der Waals surface area contributed by atoms with Gasteiger partial charge in [-0.25, -0.2) is 0 Å². The average Bonchev–Trinajstić information content (AvgIpc) is 3.10. The first-order valence-corrected chi connectivity index (χ1v) is 9.82. The van der Waals surface area contributed by atoms with Gasteiger partial charge in [-0.3, -0.25) is 9.69 Å². The Morgan fingerprint density at radius 1 is 1.07 bits per heavy atom. The SMILES string of the molecule is CCNC(=O)[C@@H]1C[C@H](NCc2ccc(C(F)(F)F)cc2)CN1Cc1ccccc1. The predicted molar refractivity (Wildman–Crippen MR) is 106 cm³/mol. The highest BCUT2D eigenvalue weighted by molar-refractivity contribution is 5.82. The van der Waals surface area contributed by atoms with Gasteiger partial charge in [-0.15, -0.1) is 0 Å². The van der Waals surface area contributed by atoms with Gasteiger partial charge < -0.3 is 10.6 Å². The Bertz CT molecular complexity index is 793. The molecule has 2 N–H and O–H groups in total. The number of benzene rings is 2. The van der Waals surface area contributed by atoms with Crippen molar-refractivity contribution in [1.82, 2.24) is 15.5 Å². The average molecular weight is 405 g/mol. The number of amides is 1. The van der Waals surface area contributed by atoms with Crippen LogP contribution in [0.2, 0.25) is 0 Å². The second-order valence-corrected chi connectivity index (χ2v) is 7.33. The van der Waals surface area contributed by atoms with Crippen molar-refractivity contribution >= 4 is 5.91 Å². The zero-order valence-corrected chi connectivity index (χ0v) is 16.4. The number of alkyl halides is 3. The molecule has 1 aliphatic rings. The maximum Gasteiger partial charge on any atom is 0.416 e. The molecular formula is C22H26F3N3O. The van der Waals surface area contributed by atoms with E-state index < -0.39 is 11.7 Å². The Kier molecular flexibility index (Phi) is 6.92. The molecule has 1 amide bonds. The maximum absolute atomic E-state index is 12.7. The van der Waals surface area contributed by atoms with Gasteiger partial charge in [0.25, 0.3) is 0 Å². The molecule has 0 aromatic heterocycles. The highest BCUT2D eigenvalue weighted by atomic mass is 19.4. The van der Waals surface area contributed by atoms with Gasteiger partial charge in [-0.1, -0.05) is 42.5 Å². The van der Waals surface area contributed by atoms with Crippen molar-refractivity contribution in [3.8, 4) is 0 Å². The van der Waals surface area contributed by atoms with Crippen LogP contribution in [-0.2, 0) is 24.1 Å².